The molecule has 1 N–H and O–H groups in total. The molecule has 0 radical (unpaired) electrons. The van der Waals surface area contributed by atoms with Crippen LogP contribution in [0.25, 0.3) is 0 Å². The van der Waals surface area contributed by atoms with E-state index < -0.39 is 11.9 Å². The normalized spacial score (nSPS) is 12.4. The lowest BCUT2D eigenvalue weighted by Gasteiger charge is -2.10. The van der Waals surface area contributed by atoms with Crippen molar-refractivity contribution >= 4 is 0 Å². The zero-order valence-corrected chi connectivity index (χ0v) is 11.4. The van der Waals surface area contributed by atoms with Crippen LogP contribution in [0.5, 0.6) is 5.75 Å². The van der Waals surface area contributed by atoms with Crippen LogP contribution in [0, 0.1) is 5.82 Å². The molecule has 0 saturated carbocycles. The Morgan fingerprint density at radius 2 is 2.00 bits per heavy atom. The number of benzene rings is 1. The number of aliphatic hydroxyl groups excluding tert-OH is 1. The van der Waals surface area contributed by atoms with Crippen molar-refractivity contribution < 1.29 is 23.7 Å². The molecule has 0 bridgehead atoms. The number of aliphatic hydroxyl groups is 1. The summed E-state index contributed by atoms with van der Waals surface area (Å²) < 4.78 is 29.0. The summed E-state index contributed by atoms with van der Waals surface area (Å²) in [6.45, 7) is 3.54. The highest BCUT2D eigenvalue weighted by atomic mass is 19.1. The van der Waals surface area contributed by atoms with Gasteiger partial charge in [0.25, 0.3) is 0 Å². The molecular formula is C14H21FO4. The maximum atomic E-state index is 13.6. The van der Waals surface area contributed by atoms with Crippen LogP contribution in [-0.2, 0) is 9.47 Å². The van der Waals surface area contributed by atoms with Gasteiger partial charge in [-0.25, -0.2) is 4.39 Å². The summed E-state index contributed by atoms with van der Waals surface area (Å²) in [5, 5.41) is 9.32. The number of rotatable bonds is 9. The summed E-state index contributed by atoms with van der Waals surface area (Å²) in [4.78, 5) is 0. The van der Waals surface area contributed by atoms with Gasteiger partial charge in [0, 0.05) is 20.3 Å². The molecule has 1 rings (SSSR count). The minimum Gasteiger partial charge on any atom is -0.488 e. The first kappa shape index (κ1) is 15.9. The largest absolute Gasteiger partial charge is 0.488 e. The van der Waals surface area contributed by atoms with Gasteiger partial charge in [-0.1, -0.05) is 6.07 Å². The van der Waals surface area contributed by atoms with Gasteiger partial charge in [0.1, 0.15) is 6.61 Å². The fourth-order valence-corrected chi connectivity index (χ4v) is 1.51. The van der Waals surface area contributed by atoms with Crippen LogP contribution in [-0.4, -0.2) is 38.6 Å². The van der Waals surface area contributed by atoms with Crippen molar-refractivity contribution in [1.29, 1.82) is 0 Å². The Hall–Kier alpha value is -1.17. The van der Waals surface area contributed by atoms with Crippen molar-refractivity contribution in [2.75, 3.05) is 33.5 Å². The van der Waals surface area contributed by atoms with Crippen LogP contribution in [0.1, 0.15) is 25.0 Å². The molecule has 0 unspecified atom stereocenters. The summed E-state index contributed by atoms with van der Waals surface area (Å²) in [6, 6.07) is 4.43. The summed E-state index contributed by atoms with van der Waals surface area (Å²) in [6.07, 6.45) is 0.140. The van der Waals surface area contributed by atoms with Crippen LogP contribution in [0.15, 0.2) is 18.2 Å². The number of halogens is 1. The second-order valence-electron chi connectivity index (χ2n) is 4.17. The van der Waals surface area contributed by atoms with Gasteiger partial charge >= 0.3 is 0 Å². The molecule has 0 fully saturated rings. The average Bonchev–Trinajstić information content (AvgIpc) is 2.39. The van der Waals surface area contributed by atoms with E-state index in [1.807, 2.05) is 0 Å². The van der Waals surface area contributed by atoms with E-state index in [0.717, 1.165) is 6.42 Å². The molecule has 19 heavy (non-hydrogen) atoms. The molecule has 0 heterocycles. The Kier molecular flexibility index (Phi) is 7.40. The van der Waals surface area contributed by atoms with Crippen LogP contribution < -0.4 is 4.74 Å². The van der Waals surface area contributed by atoms with Gasteiger partial charge in [0.15, 0.2) is 11.6 Å². The quantitative estimate of drug-likeness (QED) is 0.701. The van der Waals surface area contributed by atoms with E-state index in [2.05, 4.69) is 0 Å². The molecule has 1 aromatic carbocycles. The fourth-order valence-electron chi connectivity index (χ4n) is 1.51. The van der Waals surface area contributed by atoms with E-state index in [0.29, 0.717) is 25.4 Å². The lowest BCUT2D eigenvalue weighted by atomic mass is 10.1. The molecule has 0 amide bonds. The molecule has 0 aliphatic rings. The van der Waals surface area contributed by atoms with Crippen LogP contribution >= 0.6 is 0 Å². The van der Waals surface area contributed by atoms with E-state index in [9.17, 15) is 9.50 Å². The van der Waals surface area contributed by atoms with Gasteiger partial charge in [0.2, 0.25) is 0 Å². The Labute approximate surface area is 113 Å². The van der Waals surface area contributed by atoms with Crippen molar-refractivity contribution in [3.8, 4) is 5.75 Å². The molecule has 1 atom stereocenters. The topological polar surface area (TPSA) is 47.9 Å². The Bertz CT molecular complexity index is 368. The lowest BCUT2D eigenvalue weighted by molar-refractivity contribution is 0.0796. The van der Waals surface area contributed by atoms with E-state index >= 15 is 0 Å². The second kappa shape index (κ2) is 8.85. The highest BCUT2D eigenvalue weighted by Gasteiger charge is 2.07. The van der Waals surface area contributed by atoms with E-state index in [1.54, 1.807) is 20.1 Å². The minimum absolute atomic E-state index is 0.171. The van der Waals surface area contributed by atoms with Gasteiger partial charge in [-0.2, -0.15) is 0 Å². The highest BCUT2D eigenvalue weighted by Crippen LogP contribution is 2.21. The maximum Gasteiger partial charge on any atom is 0.165 e. The molecule has 4 nitrogen and oxygen atoms in total. The molecule has 1 aromatic rings. The molecule has 5 heteroatoms. The van der Waals surface area contributed by atoms with Crippen LogP contribution in [0.2, 0.25) is 0 Å². The summed E-state index contributed by atoms with van der Waals surface area (Å²) >= 11 is 0. The van der Waals surface area contributed by atoms with Crippen LogP contribution in [0.4, 0.5) is 4.39 Å². The van der Waals surface area contributed by atoms with Gasteiger partial charge in [-0.3, -0.25) is 0 Å². The predicted molar refractivity (Wildman–Crippen MR) is 69.8 cm³/mol. The first-order valence-corrected chi connectivity index (χ1v) is 6.32. The van der Waals surface area contributed by atoms with Crippen molar-refractivity contribution in [2.24, 2.45) is 0 Å². The molecule has 0 aliphatic carbocycles. The van der Waals surface area contributed by atoms with Gasteiger partial charge in [-0.15, -0.1) is 0 Å². The van der Waals surface area contributed by atoms with E-state index in [-0.39, 0.29) is 12.4 Å². The third-order valence-electron chi connectivity index (χ3n) is 2.56. The van der Waals surface area contributed by atoms with Crippen molar-refractivity contribution in [1.82, 2.24) is 0 Å². The molecule has 0 aromatic heterocycles. The Morgan fingerprint density at radius 1 is 1.21 bits per heavy atom. The summed E-state index contributed by atoms with van der Waals surface area (Å²) in [7, 11) is 1.64. The van der Waals surface area contributed by atoms with E-state index in [1.165, 1.54) is 12.1 Å². The van der Waals surface area contributed by atoms with Crippen LogP contribution in [0.3, 0.4) is 0 Å². The third-order valence-corrected chi connectivity index (χ3v) is 2.56. The first-order valence-electron chi connectivity index (χ1n) is 6.32. The highest BCUT2D eigenvalue weighted by molar-refractivity contribution is 5.30. The smallest absolute Gasteiger partial charge is 0.165 e. The SMILES string of the molecule is COCCCOCCOc1ccc([C@@H](C)O)cc1F. The Balaban J connectivity index is 2.26. The zero-order chi connectivity index (χ0) is 14.1. The van der Waals surface area contributed by atoms with Crippen molar-refractivity contribution in [2.45, 2.75) is 19.4 Å². The minimum atomic E-state index is -0.687. The Morgan fingerprint density at radius 3 is 2.63 bits per heavy atom. The summed E-state index contributed by atoms with van der Waals surface area (Å²) in [5.41, 5.74) is 0.528. The lowest BCUT2D eigenvalue weighted by Crippen LogP contribution is -2.09. The monoisotopic (exact) mass is 272 g/mol. The molecule has 108 valence electrons. The van der Waals surface area contributed by atoms with Gasteiger partial charge in [0.05, 0.1) is 12.7 Å². The zero-order valence-electron chi connectivity index (χ0n) is 11.4. The first-order chi connectivity index (χ1) is 9.15. The maximum absolute atomic E-state index is 13.6. The fraction of sp³-hybridized carbons (Fsp3) is 0.571. The molecule has 0 aliphatic heterocycles. The number of ether oxygens (including phenoxy) is 3. The van der Waals surface area contributed by atoms with Gasteiger partial charge in [-0.05, 0) is 31.0 Å². The molecule has 0 saturated heterocycles. The van der Waals surface area contributed by atoms with Crippen molar-refractivity contribution in [3.05, 3.63) is 29.6 Å². The van der Waals surface area contributed by atoms with E-state index in [4.69, 9.17) is 14.2 Å². The molecule has 0 spiro atoms. The third kappa shape index (κ3) is 6.00. The average molecular weight is 272 g/mol. The van der Waals surface area contributed by atoms with Gasteiger partial charge < -0.3 is 19.3 Å². The predicted octanol–water partition coefficient (Wildman–Crippen LogP) is 2.31. The number of methoxy groups -OCH3 is 1. The summed E-state index contributed by atoms with van der Waals surface area (Å²) in [5.74, 6) is -0.303. The molecular weight excluding hydrogens is 251 g/mol. The second-order valence-corrected chi connectivity index (χ2v) is 4.17. The van der Waals surface area contributed by atoms with Crippen molar-refractivity contribution in [3.63, 3.8) is 0 Å². The standard InChI is InChI=1S/C14H21FO4/c1-11(16)12-4-5-14(13(15)10-12)19-9-8-18-7-3-6-17-2/h4-5,10-11,16H,3,6-9H2,1-2H3/t11-/m1/s1. The number of hydrogen-bond donors (Lipinski definition) is 1. The number of hydrogen-bond acceptors (Lipinski definition) is 4.